The van der Waals surface area contributed by atoms with Crippen molar-refractivity contribution in [3.63, 3.8) is 0 Å². The Morgan fingerprint density at radius 2 is 2.26 bits per heavy atom. The molecular formula is C12H13ClN2O4. The van der Waals surface area contributed by atoms with E-state index in [2.05, 4.69) is 5.32 Å². The number of hydrogen-bond donors (Lipinski definition) is 2. The first-order valence-electron chi connectivity index (χ1n) is 5.90. The van der Waals surface area contributed by atoms with Crippen LogP contribution in [0.25, 0.3) is 0 Å². The average Bonchev–Trinajstić information content (AvgIpc) is 3.19. The van der Waals surface area contributed by atoms with E-state index in [1.165, 1.54) is 18.2 Å². The SMILES string of the molecule is O=C(NCC(O)C1CC1)c1c(Cl)cccc1[N+](=O)[O-]. The molecular weight excluding hydrogens is 272 g/mol. The van der Waals surface area contributed by atoms with Crippen molar-refractivity contribution in [1.29, 1.82) is 0 Å². The predicted octanol–water partition coefficient (Wildman–Crippen LogP) is 1.75. The molecule has 0 aromatic heterocycles. The fraction of sp³-hybridized carbons (Fsp3) is 0.417. The minimum absolute atomic E-state index is 0.0209. The average molecular weight is 285 g/mol. The zero-order valence-electron chi connectivity index (χ0n) is 10.0. The van der Waals surface area contributed by atoms with Crippen LogP contribution in [0.5, 0.6) is 0 Å². The fourth-order valence-corrected chi connectivity index (χ4v) is 2.08. The topological polar surface area (TPSA) is 92.5 Å². The van der Waals surface area contributed by atoms with Gasteiger partial charge >= 0.3 is 0 Å². The van der Waals surface area contributed by atoms with Gasteiger partial charge in [-0.2, -0.15) is 0 Å². The third-order valence-corrected chi connectivity index (χ3v) is 3.37. The number of aliphatic hydroxyl groups excluding tert-OH is 1. The molecule has 7 heteroatoms. The van der Waals surface area contributed by atoms with Crippen LogP contribution in [0.4, 0.5) is 5.69 Å². The summed E-state index contributed by atoms with van der Waals surface area (Å²) >= 11 is 5.83. The Balaban J connectivity index is 2.11. The third kappa shape index (κ3) is 3.21. The lowest BCUT2D eigenvalue weighted by Crippen LogP contribution is -2.33. The zero-order valence-corrected chi connectivity index (χ0v) is 10.8. The summed E-state index contributed by atoms with van der Waals surface area (Å²) in [6, 6.07) is 4.05. The van der Waals surface area contributed by atoms with E-state index in [0.717, 1.165) is 12.8 Å². The van der Waals surface area contributed by atoms with Gasteiger partial charge in [0.05, 0.1) is 16.0 Å². The number of amides is 1. The summed E-state index contributed by atoms with van der Waals surface area (Å²) < 4.78 is 0. The standard InChI is InChI=1S/C12H13ClN2O4/c13-8-2-1-3-9(15(18)19)11(8)12(17)14-6-10(16)7-4-5-7/h1-3,7,10,16H,4-6H2,(H,14,17). The highest BCUT2D eigenvalue weighted by Crippen LogP contribution is 2.32. The maximum absolute atomic E-state index is 11.9. The quantitative estimate of drug-likeness (QED) is 0.636. The number of nitrogens with zero attached hydrogens (tertiary/aromatic N) is 1. The number of rotatable bonds is 5. The molecule has 1 unspecified atom stereocenters. The Kier molecular flexibility index (Phi) is 4.01. The van der Waals surface area contributed by atoms with Crippen LogP contribution in [-0.4, -0.2) is 28.6 Å². The van der Waals surface area contributed by atoms with Gasteiger partial charge in [0.2, 0.25) is 0 Å². The molecule has 1 atom stereocenters. The summed E-state index contributed by atoms with van der Waals surface area (Å²) in [6.45, 7) is 0.0753. The van der Waals surface area contributed by atoms with E-state index in [4.69, 9.17) is 11.6 Å². The summed E-state index contributed by atoms with van der Waals surface area (Å²) in [5, 5.41) is 23.0. The van der Waals surface area contributed by atoms with Gasteiger partial charge in [-0.25, -0.2) is 0 Å². The lowest BCUT2D eigenvalue weighted by molar-refractivity contribution is -0.385. The van der Waals surface area contributed by atoms with E-state index in [0.29, 0.717) is 0 Å². The van der Waals surface area contributed by atoms with E-state index < -0.39 is 16.9 Å². The molecule has 0 bridgehead atoms. The van der Waals surface area contributed by atoms with Crippen LogP contribution in [0.15, 0.2) is 18.2 Å². The van der Waals surface area contributed by atoms with Gasteiger partial charge in [0.15, 0.2) is 0 Å². The Bertz CT molecular complexity index is 516. The molecule has 1 aromatic carbocycles. The molecule has 19 heavy (non-hydrogen) atoms. The number of aliphatic hydroxyl groups is 1. The van der Waals surface area contributed by atoms with Crippen molar-refractivity contribution in [3.05, 3.63) is 38.9 Å². The van der Waals surface area contributed by atoms with Crippen molar-refractivity contribution in [1.82, 2.24) is 5.32 Å². The molecule has 2 N–H and O–H groups in total. The highest BCUT2D eigenvalue weighted by Gasteiger charge is 2.30. The second-order valence-corrected chi connectivity index (χ2v) is 4.91. The number of carbonyl (C=O) groups is 1. The van der Waals surface area contributed by atoms with E-state index in [1.807, 2.05) is 0 Å². The smallest absolute Gasteiger partial charge is 0.283 e. The van der Waals surface area contributed by atoms with Crippen molar-refractivity contribution < 1.29 is 14.8 Å². The summed E-state index contributed by atoms with van der Waals surface area (Å²) in [6.07, 6.45) is 1.29. The van der Waals surface area contributed by atoms with Gasteiger partial charge in [0.25, 0.3) is 11.6 Å². The second-order valence-electron chi connectivity index (χ2n) is 4.51. The molecule has 0 saturated heterocycles. The van der Waals surface area contributed by atoms with E-state index in [9.17, 15) is 20.0 Å². The zero-order chi connectivity index (χ0) is 14.0. The van der Waals surface area contributed by atoms with Crippen LogP contribution < -0.4 is 5.32 Å². The number of halogens is 1. The van der Waals surface area contributed by atoms with Gasteiger partial charge in [-0.05, 0) is 24.8 Å². The lowest BCUT2D eigenvalue weighted by Gasteiger charge is -2.11. The Labute approximate surface area is 114 Å². The predicted molar refractivity (Wildman–Crippen MR) is 69.2 cm³/mol. The molecule has 1 aliphatic carbocycles. The van der Waals surface area contributed by atoms with Crippen molar-refractivity contribution in [2.75, 3.05) is 6.54 Å². The Morgan fingerprint density at radius 3 is 2.84 bits per heavy atom. The number of nitro benzene ring substituents is 1. The number of benzene rings is 1. The minimum atomic E-state index is -0.655. The molecule has 1 saturated carbocycles. The van der Waals surface area contributed by atoms with Crippen LogP contribution in [0.2, 0.25) is 5.02 Å². The summed E-state index contributed by atoms with van der Waals surface area (Å²) in [4.78, 5) is 22.1. The molecule has 0 aliphatic heterocycles. The summed E-state index contributed by atoms with van der Waals surface area (Å²) in [5.74, 6) is -0.418. The molecule has 1 aliphatic rings. The monoisotopic (exact) mass is 284 g/mol. The van der Waals surface area contributed by atoms with Gasteiger partial charge in [-0.3, -0.25) is 14.9 Å². The number of nitrogens with one attached hydrogen (secondary N) is 1. The molecule has 2 rings (SSSR count). The number of hydrogen-bond acceptors (Lipinski definition) is 4. The Morgan fingerprint density at radius 1 is 1.58 bits per heavy atom. The van der Waals surface area contributed by atoms with Crippen LogP contribution in [0.3, 0.4) is 0 Å². The number of nitro groups is 1. The van der Waals surface area contributed by atoms with E-state index in [1.54, 1.807) is 0 Å². The van der Waals surface area contributed by atoms with Gasteiger partial charge in [0, 0.05) is 12.6 Å². The number of carbonyl (C=O) groups excluding carboxylic acids is 1. The van der Waals surface area contributed by atoms with Gasteiger partial charge in [-0.1, -0.05) is 17.7 Å². The maximum Gasteiger partial charge on any atom is 0.283 e. The molecule has 1 amide bonds. The lowest BCUT2D eigenvalue weighted by atomic mass is 10.1. The fourth-order valence-electron chi connectivity index (χ4n) is 1.82. The van der Waals surface area contributed by atoms with Gasteiger partial charge < -0.3 is 10.4 Å². The van der Waals surface area contributed by atoms with Crippen LogP contribution >= 0.6 is 11.6 Å². The molecule has 0 radical (unpaired) electrons. The molecule has 1 fully saturated rings. The van der Waals surface area contributed by atoms with Crippen LogP contribution in [0.1, 0.15) is 23.2 Å². The van der Waals surface area contributed by atoms with Crippen molar-refractivity contribution >= 4 is 23.2 Å². The van der Waals surface area contributed by atoms with E-state index in [-0.39, 0.29) is 28.7 Å². The van der Waals surface area contributed by atoms with Crippen LogP contribution in [-0.2, 0) is 0 Å². The molecule has 6 nitrogen and oxygen atoms in total. The molecule has 1 aromatic rings. The van der Waals surface area contributed by atoms with E-state index >= 15 is 0 Å². The largest absolute Gasteiger partial charge is 0.391 e. The van der Waals surface area contributed by atoms with Crippen molar-refractivity contribution in [2.45, 2.75) is 18.9 Å². The molecule has 102 valence electrons. The highest BCUT2D eigenvalue weighted by molar-refractivity contribution is 6.34. The van der Waals surface area contributed by atoms with Gasteiger partial charge in [-0.15, -0.1) is 0 Å². The molecule has 0 spiro atoms. The van der Waals surface area contributed by atoms with Crippen LogP contribution in [0, 0.1) is 16.0 Å². The summed E-state index contributed by atoms with van der Waals surface area (Å²) in [5.41, 5.74) is -0.511. The molecule has 0 heterocycles. The second kappa shape index (κ2) is 5.54. The maximum atomic E-state index is 11.9. The normalized spacial score (nSPS) is 15.9. The minimum Gasteiger partial charge on any atom is -0.391 e. The Hall–Kier alpha value is -1.66. The van der Waals surface area contributed by atoms with Gasteiger partial charge in [0.1, 0.15) is 5.56 Å². The first-order chi connectivity index (χ1) is 9.00. The first-order valence-corrected chi connectivity index (χ1v) is 6.27. The summed E-state index contributed by atoms with van der Waals surface area (Å²) in [7, 11) is 0. The highest BCUT2D eigenvalue weighted by atomic mass is 35.5. The van der Waals surface area contributed by atoms with Crippen molar-refractivity contribution in [3.8, 4) is 0 Å². The third-order valence-electron chi connectivity index (χ3n) is 3.05. The van der Waals surface area contributed by atoms with Crippen molar-refractivity contribution in [2.24, 2.45) is 5.92 Å². The first kappa shape index (κ1) is 13.8.